The maximum Gasteiger partial charge on any atom is 0.410 e. The Kier molecular flexibility index (Phi) is 5.24. The molecule has 26 heavy (non-hydrogen) atoms. The van der Waals surface area contributed by atoms with Gasteiger partial charge in [0.2, 0.25) is 0 Å². The SMILES string of the molecule is CC(C)(C)OC(=O)N1C2CCC1CC(C#N)(COCc1ccccc1)C2. The van der Waals surface area contributed by atoms with Crippen molar-refractivity contribution in [3.8, 4) is 6.07 Å². The summed E-state index contributed by atoms with van der Waals surface area (Å²) in [7, 11) is 0. The van der Waals surface area contributed by atoms with E-state index in [2.05, 4.69) is 6.07 Å². The number of carbonyl (C=O) groups excluding carboxylic acids is 1. The highest BCUT2D eigenvalue weighted by atomic mass is 16.6. The minimum absolute atomic E-state index is 0.0728. The lowest BCUT2D eigenvalue weighted by atomic mass is 9.77. The summed E-state index contributed by atoms with van der Waals surface area (Å²) in [5.41, 5.74) is 0.0906. The smallest absolute Gasteiger partial charge is 0.410 e. The molecule has 0 saturated carbocycles. The van der Waals surface area contributed by atoms with Gasteiger partial charge in [-0.1, -0.05) is 30.3 Å². The number of rotatable bonds is 4. The average Bonchev–Trinajstić information content (AvgIpc) is 2.86. The number of amides is 1. The molecule has 3 rings (SSSR count). The van der Waals surface area contributed by atoms with Crippen LogP contribution in [0.15, 0.2) is 30.3 Å². The Morgan fingerprint density at radius 2 is 1.85 bits per heavy atom. The summed E-state index contributed by atoms with van der Waals surface area (Å²) < 4.78 is 11.5. The Morgan fingerprint density at radius 3 is 2.38 bits per heavy atom. The van der Waals surface area contributed by atoms with Gasteiger partial charge in [0.1, 0.15) is 5.60 Å². The van der Waals surface area contributed by atoms with E-state index in [9.17, 15) is 10.1 Å². The number of benzene rings is 1. The van der Waals surface area contributed by atoms with Crippen LogP contribution in [-0.4, -0.2) is 35.3 Å². The van der Waals surface area contributed by atoms with Crippen molar-refractivity contribution in [2.45, 2.75) is 70.7 Å². The molecule has 1 amide bonds. The van der Waals surface area contributed by atoms with Gasteiger partial charge in [-0.15, -0.1) is 0 Å². The van der Waals surface area contributed by atoms with Crippen LogP contribution in [0.1, 0.15) is 52.0 Å². The second-order valence-electron chi connectivity index (χ2n) is 8.55. The molecule has 2 fully saturated rings. The highest BCUT2D eigenvalue weighted by molar-refractivity contribution is 5.69. The maximum absolute atomic E-state index is 12.6. The summed E-state index contributed by atoms with van der Waals surface area (Å²) in [6.07, 6.45) is 2.95. The molecule has 2 atom stereocenters. The van der Waals surface area contributed by atoms with Gasteiger partial charge < -0.3 is 14.4 Å². The first-order valence-corrected chi connectivity index (χ1v) is 9.36. The lowest BCUT2D eigenvalue weighted by Crippen LogP contribution is -2.52. The molecule has 0 aliphatic carbocycles. The maximum atomic E-state index is 12.6. The number of ether oxygens (including phenoxy) is 2. The number of hydrogen-bond acceptors (Lipinski definition) is 4. The molecule has 140 valence electrons. The van der Waals surface area contributed by atoms with Gasteiger partial charge in [-0.3, -0.25) is 0 Å². The number of fused-ring (bicyclic) bond motifs is 2. The van der Waals surface area contributed by atoms with E-state index in [1.54, 1.807) is 0 Å². The Labute approximate surface area is 155 Å². The molecule has 0 radical (unpaired) electrons. The molecule has 2 aliphatic rings. The first-order valence-electron chi connectivity index (χ1n) is 9.36. The zero-order chi connectivity index (χ0) is 18.8. The zero-order valence-corrected chi connectivity index (χ0v) is 15.9. The van der Waals surface area contributed by atoms with Crippen LogP contribution >= 0.6 is 0 Å². The normalized spacial score (nSPS) is 27.8. The summed E-state index contributed by atoms with van der Waals surface area (Å²) in [4.78, 5) is 14.4. The van der Waals surface area contributed by atoms with Crippen LogP contribution in [0.25, 0.3) is 0 Å². The van der Waals surface area contributed by atoms with E-state index in [0.29, 0.717) is 26.1 Å². The van der Waals surface area contributed by atoms with E-state index in [-0.39, 0.29) is 18.2 Å². The van der Waals surface area contributed by atoms with Gasteiger partial charge >= 0.3 is 6.09 Å². The molecule has 0 aromatic heterocycles. The van der Waals surface area contributed by atoms with Crippen LogP contribution in [0.4, 0.5) is 4.79 Å². The predicted octanol–water partition coefficient (Wildman–Crippen LogP) is 4.28. The second-order valence-corrected chi connectivity index (χ2v) is 8.55. The Bertz CT molecular complexity index is 661. The van der Waals surface area contributed by atoms with Gasteiger partial charge in [-0.2, -0.15) is 5.26 Å². The Balaban J connectivity index is 1.62. The van der Waals surface area contributed by atoms with Crippen molar-refractivity contribution >= 4 is 6.09 Å². The minimum atomic E-state index is -0.515. The quantitative estimate of drug-likeness (QED) is 0.808. The Hall–Kier alpha value is -2.06. The molecule has 2 unspecified atom stereocenters. The molecule has 5 nitrogen and oxygen atoms in total. The summed E-state index contributed by atoms with van der Waals surface area (Å²) in [6.45, 7) is 6.57. The summed E-state index contributed by atoms with van der Waals surface area (Å²) >= 11 is 0. The number of nitriles is 1. The van der Waals surface area contributed by atoms with Gasteiger partial charge in [0, 0.05) is 12.1 Å². The van der Waals surface area contributed by atoms with Crippen molar-refractivity contribution in [2.24, 2.45) is 5.41 Å². The van der Waals surface area contributed by atoms with Gasteiger partial charge in [-0.25, -0.2) is 4.79 Å². The predicted molar refractivity (Wildman–Crippen MR) is 98.3 cm³/mol. The third-order valence-electron chi connectivity index (χ3n) is 5.20. The van der Waals surface area contributed by atoms with Crippen LogP contribution in [0.3, 0.4) is 0 Å². The molecule has 2 heterocycles. The van der Waals surface area contributed by atoms with Crippen LogP contribution in [0.2, 0.25) is 0 Å². The van der Waals surface area contributed by atoms with Crippen molar-refractivity contribution in [2.75, 3.05) is 6.61 Å². The standard InChI is InChI=1S/C21H28N2O3/c1-20(2,3)26-19(24)23-17-9-10-18(23)12-21(11-17,14-22)15-25-13-16-7-5-4-6-8-16/h4-8,17-18H,9-13,15H2,1-3H3. The van der Waals surface area contributed by atoms with Crippen molar-refractivity contribution in [1.82, 2.24) is 4.90 Å². The lowest BCUT2D eigenvalue weighted by Gasteiger charge is -2.43. The van der Waals surface area contributed by atoms with E-state index < -0.39 is 11.0 Å². The molecule has 0 N–H and O–H groups in total. The average molecular weight is 356 g/mol. The van der Waals surface area contributed by atoms with Crippen molar-refractivity contribution in [3.63, 3.8) is 0 Å². The highest BCUT2D eigenvalue weighted by Gasteiger charge is 2.51. The second kappa shape index (κ2) is 7.28. The van der Waals surface area contributed by atoms with Crippen LogP contribution in [-0.2, 0) is 16.1 Å². The van der Waals surface area contributed by atoms with E-state index in [4.69, 9.17) is 9.47 Å². The first kappa shape index (κ1) is 18.7. The topological polar surface area (TPSA) is 62.6 Å². The molecular weight excluding hydrogens is 328 g/mol. The summed E-state index contributed by atoms with van der Waals surface area (Å²) in [5.74, 6) is 0. The van der Waals surface area contributed by atoms with Crippen molar-refractivity contribution < 1.29 is 14.3 Å². The molecule has 2 bridgehead atoms. The highest BCUT2D eigenvalue weighted by Crippen LogP contribution is 2.46. The third kappa shape index (κ3) is 4.19. The van der Waals surface area contributed by atoms with E-state index in [1.165, 1.54) is 0 Å². The van der Waals surface area contributed by atoms with Gasteiger partial charge in [0.15, 0.2) is 0 Å². The fourth-order valence-electron chi connectivity index (χ4n) is 4.14. The van der Waals surface area contributed by atoms with E-state index in [1.807, 2.05) is 56.0 Å². The van der Waals surface area contributed by atoms with E-state index >= 15 is 0 Å². The van der Waals surface area contributed by atoms with Crippen LogP contribution < -0.4 is 0 Å². The molecule has 2 saturated heterocycles. The number of piperidine rings is 1. The number of nitrogens with zero attached hydrogens (tertiary/aromatic N) is 2. The van der Waals surface area contributed by atoms with Crippen LogP contribution in [0.5, 0.6) is 0 Å². The Morgan fingerprint density at radius 1 is 1.23 bits per heavy atom. The van der Waals surface area contributed by atoms with Gasteiger partial charge in [-0.05, 0) is 52.0 Å². The summed E-state index contributed by atoms with van der Waals surface area (Å²) in [6, 6.07) is 12.6. The minimum Gasteiger partial charge on any atom is -0.444 e. The fourth-order valence-corrected chi connectivity index (χ4v) is 4.14. The molecule has 1 aromatic carbocycles. The summed E-state index contributed by atoms with van der Waals surface area (Å²) in [5, 5.41) is 9.85. The fraction of sp³-hybridized carbons (Fsp3) is 0.619. The number of carbonyl (C=O) groups is 1. The first-order chi connectivity index (χ1) is 12.3. The van der Waals surface area contributed by atoms with Crippen LogP contribution in [0, 0.1) is 16.7 Å². The third-order valence-corrected chi connectivity index (χ3v) is 5.20. The molecule has 0 spiro atoms. The molecule has 2 aliphatic heterocycles. The van der Waals surface area contributed by atoms with Crippen molar-refractivity contribution in [3.05, 3.63) is 35.9 Å². The number of hydrogen-bond donors (Lipinski definition) is 0. The van der Waals surface area contributed by atoms with Gasteiger partial charge in [0.05, 0.1) is 24.7 Å². The molecular formula is C21H28N2O3. The molecule has 1 aromatic rings. The van der Waals surface area contributed by atoms with Crippen molar-refractivity contribution in [1.29, 1.82) is 5.26 Å². The molecule has 5 heteroatoms. The van der Waals surface area contributed by atoms with Gasteiger partial charge in [0.25, 0.3) is 0 Å². The largest absolute Gasteiger partial charge is 0.444 e. The van der Waals surface area contributed by atoms with E-state index in [0.717, 1.165) is 18.4 Å². The monoisotopic (exact) mass is 356 g/mol. The lowest BCUT2D eigenvalue weighted by molar-refractivity contribution is -0.0244. The zero-order valence-electron chi connectivity index (χ0n) is 15.9.